The van der Waals surface area contributed by atoms with Crippen molar-refractivity contribution in [3.63, 3.8) is 0 Å². The molecule has 0 aliphatic carbocycles. The molecule has 1 atom stereocenters. The number of thioether (sulfide) groups is 1. The second-order valence-corrected chi connectivity index (χ2v) is 4.57. The van der Waals surface area contributed by atoms with Gasteiger partial charge >= 0.3 is 0 Å². The average molecular weight is 223 g/mol. The van der Waals surface area contributed by atoms with Gasteiger partial charge in [-0.1, -0.05) is 38.1 Å². The van der Waals surface area contributed by atoms with Crippen LogP contribution < -0.4 is 5.32 Å². The third-order valence-electron chi connectivity index (χ3n) is 2.57. The third-order valence-corrected chi connectivity index (χ3v) is 3.24. The molecule has 0 fully saturated rings. The molecule has 1 aromatic rings. The van der Waals surface area contributed by atoms with Gasteiger partial charge in [0.25, 0.3) is 0 Å². The smallest absolute Gasteiger partial charge is 0.0411 e. The van der Waals surface area contributed by atoms with Gasteiger partial charge in [0.15, 0.2) is 0 Å². The molecule has 0 saturated heterocycles. The first-order valence-electron chi connectivity index (χ1n) is 5.63. The first kappa shape index (κ1) is 12.6. The van der Waals surface area contributed by atoms with Crippen LogP contribution in [0.2, 0.25) is 0 Å². The van der Waals surface area contributed by atoms with E-state index in [4.69, 9.17) is 0 Å². The minimum absolute atomic E-state index is 0.496. The van der Waals surface area contributed by atoms with E-state index in [1.165, 1.54) is 11.1 Å². The van der Waals surface area contributed by atoms with Crippen LogP contribution in [0.25, 0.3) is 0 Å². The Morgan fingerprint density at radius 1 is 1.20 bits per heavy atom. The van der Waals surface area contributed by atoms with E-state index in [0.717, 1.165) is 18.7 Å². The van der Waals surface area contributed by atoms with Gasteiger partial charge in [0.1, 0.15) is 0 Å². The molecule has 1 rings (SSSR count). The maximum atomic E-state index is 3.52. The molecule has 0 spiro atoms. The molecule has 0 aliphatic heterocycles. The molecule has 0 radical (unpaired) electrons. The zero-order chi connectivity index (χ0) is 11.1. The molecule has 1 aromatic carbocycles. The highest BCUT2D eigenvalue weighted by atomic mass is 32.2. The lowest BCUT2D eigenvalue weighted by atomic mass is 10.1. The van der Waals surface area contributed by atoms with Crippen LogP contribution in [0.1, 0.15) is 31.0 Å². The second kappa shape index (κ2) is 6.91. The summed E-state index contributed by atoms with van der Waals surface area (Å²) < 4.78 is 0. The predicted octanol–water partition coefficient (Wildman–Crippen LogP) is 3.26. The molecule has 1 unspecified atom stereocenters. The summed E-state index contributed by atoms with van der Waals surface area (Å²) in [6.45, 7) is 5.38. The van der Waals surface area contributed by atoms with Crippen molar-refractivity contribution in [2.45, 2.75) is 26.3 Å². The number of rotatable bonds is 6. The maximum absolute atomic E-state index is 3.52. The summed E-state index contributed by atoms with van der Waals surface area (Å²) in [6.07, 6.45) is 3.28. The monoisotopic (exact) mass is 223 g/mol. The highest BCUT2D eigenvalue weighted by Gasteiger charge is 2.08. The van der Waals surface area contributed by atoms with Gasteiger partial charge in [-0.25, -0.2) is 0 Å². The molecule has 2 heteroatoms. The molecule has 0 aromatic heterocycles. The molecular formula is C13H21NS. The van der Waals surface area contributed by atoms with Gasteiger partial charge in [-0.2, -0.15) is 11.8 Å². The van der Waals surface area contributed by atoms with Crippen LogP contribution in [0, 0.1) is 0 Å². The lowest BCUT2D eigenvalue weighted by molar-refractivity contribution is 0.606. The van der Waals surface area contributed by atoms with E-state index in [1.807, 2.05) is 11.8 Å². The largest absolute Gasteiger partial charge is 0.310 e. The Bertz CT molecular complexity index is 262. The summed E-state index contributed by atoms with van der Waals surface area (Å²) in [7, 11) is 0. The van der Waals surface area contributed by atoms with Gasteiger partial charge in [0, 0.05) is 11.8 Å². The summed E-state index contributed by atoms with van der Waals surface area (Å²) in [6, 6.07) is 9.47. The molecule has 0 saturated carbocycles. The average Bonchev–Trinajstić information content (AvgIpc) is 2.29. The molecule has 0 amide bonds. The van der Waals surface area contributed by atoms with Crippen LogP contribution in [-0.2, 0) is 6.42 Å². The quantitative estimate of drug-likeness (QED) is 0.794. The number of nitrogens with one attached hydrogen (secondary N) is 1. The normalized spacial score (nSPS) is 12.7. The van der Waals surface area contributed by atoms with E-state index < -0.39 is 0 Å². The summed E-state index contributed by atoms with van der Waals surface area (Å²) in [5.74, 6) is 1.14. The van der Waals surface area contributed by atoms with Gasteiger partial charge < -0.3 is 5.32 Å². The Morgan fingerprint density at radius 2 is 1.87 bits per heavy atom. The topological polar surface area (TPSA) is 12.0 Å². The molecule has 1 N–H and O–H groups in total. The van der Waals surface area contributed by atoms with Crippen molar-refractivity contribution >= 4 is 11.8 Å². The number of benzene rings is 1. The number of aryl methyl sites for hydroxylation is 1. The van der Waals surface area contributed by atoms with Gasteiger partial charge in [-0.15, -0.1) is 0 Å². The lowest BCUT2D eigenvalue weighted by Gasteiger charge is -2.17. The van der Waals surface area contributed by atoms with Crippen LogP contribution in [0.3, 0.4) is 0 Å². The van der Waals surface area contributed by atoms with Crippen molar-refractivity contribution in [3.8, 4) is 0 Å². The fourth-order valence-corrected chi connectivity index (χ4v) is 2.32. The Hall–Kier alpha value is -0.470. The highest BCUT2D eigenvalue weighted by molar-refractivity contribution is 7.98. The van der Waals surface area contributed by atoms with E-state index in [1.54, 1.807) is 0 Å². The fourth-order valence-electron chi connectivity index (χ4n) is 1.67. The lowest BCUT2D eigenvalue weighted by Crippen LogP contribution is -2.22. The Morgan fingerprint density at radius 3 is 2.33 bits per heavy atom. The van der Waals surface area contributed by atoms with Gasteiger partial charge in [-0.05, 0) is 30.3 Å². The summed E-state index contributed by atoms with van der Waals surface area (Å²) in [4.78, 5) is 0. The van der Waals surface area contributed by atoms with Gasteiger partial charge in [-0.3, -0.25) is 0 Å². The van der Waals surface area contributed by atoms with Crippen LogP contribution >= 0.6 is 11.8 Å². The minimum atomic E-state index is 0.496. The van der Waals surface area contributed by atoms with Crippen LogP contribution in [0.5, 0.6) is 0 Å². The molecule has 0 aliphatic rings. The molecular weight excluding hydrogens is 202 g/mol. The SMILES string of the molecule is CCNC(CSC)c1ccc(CC)cc1. The number of hydrogen-bond donors (Lipinski definition) is 1. The van der Waals surface area contributed by atoms with E-state index in [2.05, 4.69) is 49.7 Å². The van der Waals surface area contributed by atoms with E-state index in [0.29, 0.717) is 6.04 Å². The Labute approximate surface area is 97.7 Å². The molecule has 0 heterocycles. The zero-order valence-corrected chi connectivity index (χ0v) is 10.7. The van der Waals surface area contributed by atoms with Crippen molar-refractivity contribution in [3.05, 3.63) is 35.4 Å². The van der Waals surface area contributed by atoms with Crippen LogP contribution in [0.15, 0.2) is 24.3 Å². The highest BCUT2D eigenvalue weighted by Crippen LogP contribution is 2.17. The van der Waals surface area contributed by atoms with E-state index in [-0.39, 0.29) is 0 Å². The summed E-state index contributed by atoms with van der Waals surface area (Å²) in [5, 5.41) is 3.52. The maximum Gasteiger partial charge on any atom is 0.0411 e. The first-order valence-corrected chi connectivity index (χ1v) is 7.02. The van der Waals surface area contributed by atoms with Crippen molar-refractivity contribution in [2.24, 2.45) is 0 Å². The van der Waals surface area contributed by atoms with Crippen molar-refractivity contribution < 1.29 is 0 Å². The minimum Gasteiger partial charge on any atom is -0.310 e. The molecule has 0 bridgehead atoms. The van der Waals surface area contributed by atoms with E-state index in [9.17, 15) is 0 Å². The van der Waals surface area contributed by atoms with E-state index >= 15 is 0 Å². The van der Waals surface area contributed by atoms with Gasteiger partial charge in [0.05, 0.1) is 0 Å². The van der Waals surface area contributed by atoms with Crippen molar-refractivity contribution in [1.29, 1.82) is 0 Å². The summed E-state index contributed by atoms with van der Waals surface area (Å²) in [5.41, 5.74) is 2.82. The van der Waals surface area contributed by atoms with Gasteiger partial charge in [0.2, 0.25) is 0 Å². The standard InChI is InChI=1S/C13H21NS/c1-4-11-6-8-12(9-7-11)13(10-15-3)14-5-2/h6-9,13-14H,4-5,10H2,1-3H3. The second-order valence-electron chi connectivity index (χ2n) is 3.66. The third kappa shape index (κ3) is 3.88. The van der Waals surface area contributed by atoms with Crippen LogP contribution in [0.4, 0.5) is 0 Å². The predicted molar refractivity (Wildman–Crippen MR) is 70.6 cm³/mol. The van der Waals surface area contributed by atoms with Crippen molar-refractivity contribution in [2.75, 3.05) is 18.6 Å². The Kier molecular flexibility index (Phi) is 5.81. The van der Waals surface area contributed by atoms with Crippen LogP contribution in [-0.4, -0.2) is 18.6 Å². The first-order chi connectivity index (χ1) is 7.31. The summed E-state index contributed by atoms with van der Waals surface area (Å²) >= 11 is 1.89. The number of hydrogen-bond acceptors (Lipinski definition) is 2. The molecule has 1 nitrogen and oxygen atoms in total. The fraction of sp³-hybridized carbons (Fsp3) is 0.538. The van der Waals surface area contributed by atoms with Crippen molar-refractivity contribution in [1.82, 2.24) is 5.32 Å². The Balaban J connectivity index is 2.72. The molecule has 15 heavy (non-hydrogen) atoms. The zero-order valence-electron chi connectivity index (χ0n) is 9.92. The molecule has 84 valence electrons.